The van der Waals surface area contributed by atoms with Gasteiger partial charge in [-0.05, 0) is 31.5 Å². The minimum Gasteiger partial charge on any atom is -0.355 e. The maximum atomic E-state index is 11.5. The van der Waals surface area contributed by atoms with E-state index in [-0.39, 0.29) is 11.6 Å². The van der Waals surface area contributed by atoms with Crippen LogP contribution in [-0.2, 0) is 4.79 Å². The van der Waals surface area contributed by atoms with Gasteiger partial charge in [-0.2, -0.15) is 0 Å². The molecule has 0 aliphatic heterocycles. The third-order valence-corrected chi connectivity index (χ3v) is 3.38. The number of carbonyl (C=O) groups is 1. The number of thioether (sulfide) groups is 1. The van der Waals surface area contributed by atoms with Gasteiger partial charge in [-0.15, -0.1) is 11.8 Å². The first-order valence-electron chi connectivity index (χ1n) is 5.97. The van der Waals surface area contributed by atoms with Gasteiger partial charge < -0.3 is 11.1 Å². The molecule has 0 aromatic heterocycles. The fourth-order valence-electron chi connectivity index (χ4n) is 1.36. The largest absolute Gasteiger partial charge is 0.355 e. The average molecular weight is 283 g/mol. The fraction of sp³-hybridized carbons (Fsp3) is 0.417. The van der Waals surface area contributed by atoms with E-state index in [0.717, 1.165) is 17.7 Å². The molecule has 0 aliphatic rings. The molecule has 1 aromatic rings. The summed E-state index contributed by atoms with van der Waals surface area (Å²) in [6.07, 6.45) is 1.78. The highest BCUT2D eigenvalue weighted by molar-refractivity contribution is 8.00. The number of rotatable bonds is 8. The zero-order valence-corrected chi connectivity index (χ0v) is 11.3. The van der Waals surface area contributed by atoms with E-state index < -0.39 is 4.92 Å². The third-order valence-electron chi connectivity index (χ3n) is 2.37. The zero-order chi connectivity index (χ0) is 14.1. The van der Waals surface area contributed by atoms with Crippen LogP contribution in [0.25, 0.3) is 0 Å². The van der Waals surface area contributed by atoms with E-state index in [4.69, 9.17) is 5.73 Å². The van der Waals surface area contributed by atoms with Gasteiger partial charge in [-0.3, -0.25) is 14.9 Å². The predicted molar refractivity (Wildman–Crippen MR) is 75.1 cm³/mol. The molecule has 0 spiro atoms. The van der Waals surface area contributed by atoms with Crippen LogP contribution in [0.4, 0.5) is 5.69 Å². The zero-order valence-electron chi connectivity index (χ0n) is 10.5. The standard InChI is InChI=1S/C12H17N3O3S/c13-7-1-2-8-14-12(16)9-19-11-5-3-10(4-6-11)15(17)18/h3-6H,1-2,7-9,13H2,(H,14,16). The first-order valence-corrected chi connectivity index (χ1v) is 6.96. The van der Waals surface area contributed by atoms with Crippen molar-refractivity contribution in [2.24, 2.45) is 5.73 Å². The number of unbranched alkanes of at least 4 members (excludes halogenated alkanes) is 1. The van der Waals surface area contributed by atoms with E-state index in [0.29, 0.717) is 18.8 Å². The van der Waals surface area contributed by atoms with E-state index in [1.165, 1.54) is 23.9 Å². The molecule has 3 N–H and O–H groups in total. The molecule has 0 bridgehead atoms. The molecule has 0 radical (unpaired) electrons. The molecule has 19 heavy (non-hydrogen) atoms. The number of hydrogen-bond donors (Lipinski definition) is 2. The topological polar surface area (TPSA) is 98.3 Å². The van der Waals surface area contributed by atoms with E-state index >= 15 is 0 Å². The van der Waals surface area contributed by atoms with E-state index in [1.54, 1.807) is 12.1 Å². The number of nitro groups is 1. The van der Waals surface area contributed by atoms with Crippen molar-refractivity contribution in [2.75, 3.05) is 18.8 Å². The lowest BCUT2D eigenvalue weighted by atomic mass is 10.3. The highest BCUT2D eigenvalue weighted by atomic mass is 32.2. The molecule has 6 nitrogen and oxygen atoms in total. The van der Waals surface area contributed by atoms with E-state index in [1.807, 2.05) is 0 Å². The van der Waals surface area contributed by atoms with Gasteiger partial charge in [0.15, 0.2) is 0 Å². The Hall–Kier alpha value is -1.60. The van der Waals surface area contributed by atoms with Crippen molar-refractivity contribution in [1.29, 1.82) is 0 Å². The van der Waals surface area contributed by atoms with Crippen LogP contribution in [0, 0.1) is 10.1 Å². The first-order chi connectivity index (χ1) is 9.13. The van der Waals surface area contributed by atoms with Crippen molar-refractivity contribution in [3.8, 4) is 0 Å². The van der Waals surface area contributed by atoms with Crippen molar-refractivity contribution in [1.82, 2.24) is 5.32 Å². The van der Waals surface area contributed by atoms with Crippen molar-refractivity contribution in [3.63, 3.8) is 0 Å². The number of amides is 1. The lowest BCUT2D eigenvalue weighted by Crippen LogP contribution is -2.26. The molecule has 0 aliphatic carbocycles. The van der Waals surface area contributed by atoms with Gasteiger partial charge in [0.05, 0.1) is 10.7 Å². The molecule has 0 fully saturated rings. The number of nitrogens with two attached hydrogens (primary N) is 1. The van der Waals surface area contributed by atoms with Crippen LogP contribution >= 0.6 is 11.8 Å². The Kier molecular flexibility index (Phi) is 6.91. The summed E-state index contributed by atoms with van der Waals surface area (Å²) in [6, 6.07) is 6.15. The average Bonchev–Trinajstić information content (AvgIpc) is 2.42. The molecule has 0 unspecified atom stereocenters. The summed E-state index contributed by atoms with van der Waals surface area (Å²) in [7, 11) is 0. The van der Waals surface area contributed by atoms with Gasteiger partial charge in [0, 0.05) is 23.6 Å². The Morgan fingerprint density at radius 1 is 1.32 bits per heavy atom. The Morgan fingerprint density at radius 2 is 2.00 bits per heavy atom. The molecule has 0 heterocycles. The highest BCUT2D eigenvalue weighted by Gasteiger charge is 2.06. The normalized spacial score (nSPS) is 10.2. The summed E-state index contributed by atoms with van der Waals surface area (Å²) < 4.78 is 0. The van der Waals surface area contributed by atoms with E-state index in [2.05, 4.69) is 5.32 Å². The fourth-order valence-corrected chi connectivity index (χ4v) is 2.09. The van der Waals surface area contributed by atoms with Crippen LogP contribution in [0.15, 0.2) is 29.2 Å². The minimum atomic E-state index is -0.446. The second-order valence-corrected chi connectivity index (χ2v) is 4.93. The third kappa shape index (κ3) is 6.21. The second-order valence-electron chi connectivity index (χ2n) is 3.89. The maximum Gasteiger partial charge on any atom is 0.269 e. The molecule has 1 aromatic carbocycles. The number of nitrogens with one attached hydrogen (secondary N) is 1. The highest BCUT2D eigenvalue weighted by Crippen LogP contribution is 2.20. The Labute approximate surface area is 115 Å². The van der Waals surface area contributed by atoms with Crippen LogP contribution in [0.2, 0.25) is 0 Å². The van der Waals surface area contributed by atoms with Crippen LogP contribution in [0.5, 0.6) is 0 Å². The molecular weight excluding hydrogens is 266 g/mol. The van der Waals surface area contributed by atoms with Gasteiger partial charge in [0.2, 0.25) is 5.91 Å². The summed E-state index contributed by atoms with van der Waals surface area (Å²) >= 11 is 1.35. The van der Waals surface area contributed by atoms with Gasteiger partial charge in [0.25, 0.3) is 5.69 Å². The number of hydrogen-bond acceptors (Lipinski definition) is 5. The summed E-state index contributed by atoms with van der Waals surface area (Å²) in [5.74, 6) is 0.265. The van der Waals surface area contributed by atoms with Crippen molar-refractivity contribution in [3.05, 3.63) is 34.4 Å². The smallest absolute Gasteiger partial charge is 0.269 e. The second kappa shape index (κ2) is 8.49. The Morgan fingerprint density at radius 3 is 2.58 bits per heavy atom. The molecule has 0 saturated carbocycles. The van der Waals surface area contributed by atoms with E-state index in [9.17, 15) is 14.9 Å². The van der Waals surface area contributed by atoms with Crippen LogP contribution < -0.4 is 11.1 Å². The van der Waals surface area contributed by atoms with Gasteiger partial charge in [-0.1, -0.05) is 0 Å². The molecule has 1 amide bonds. The lowest BCUT2D eigenvalue weighted by Gasteiger charge is -2.04. The quantitative estimate of drug-likeness (QED) is 0.326. The molecule has 7 heteroatoms. The number of non-ortho nitro benzene ring substituents is 1. The van der Waals surface area contributed by atoms with Crippen molar-refractivity contribution in [2.45, 2.75) is 17.7 Å². The van der Waals surface area contributed by atoms with Gasteiger partial charge in [0.1, 0.15) is 0 Å². The number of nitrogens with zero attached hydrogens (tertiary/aromatic N) is 1. The molecular formula is C12H17N3O3S. The number of benzene rings is 1. The lowest BCUT2D eigenvalue weighted by molar-refractivity contribution is -0.384. The first kappa shape index (κ1) is 15.5. The van der Waals surface area contributed by atoms with Gasteiger partial charge in [-0.25, -0.2) is 0 Å². The van der Waals surface area contributed by atoms with Crippen molar-refractivity contribution < 1.29 is 9.72 Å². The Balaban J connectivity index is 2.28. The number of nitro benzene ring substituents is 1. The summed E-state index contributed by atoms with van der Waals surface area (Å²) in [4.78, 5) is 22.3. The molecule has 0 saturated heterocycles. The van der Waals surface area contributed by atoms with Crippen LogP contribution in [-0.4, -0.2) is 29.7 Å². The SMILES string of the molecule is NCCCCNC(=O)CSc1ccc([N+](=O)[O-])cc1. The monoisotopic (exact) mass is 283 g/mol. The molecule has 104 valence electrons. The molecule has 0 atom stereocenters. The van der Waals surface area contributed by atoms with Crippen LogP contribution in [0.1, 0.15) is 12.8 Å². The predicted octanol–water partition coefficient (Wildman–Crippen LogP) is 1.54. The summed E-state index contributed by atoms with van der Waals surface area (Å²) in [5, 5.41) is 13.3. The maximum absolute atomic E-state index is 11.5. The summed E-state index contributed by atoms with van der Waals surface area (Å²) in [5.41, 5.74) is 5.40. The van der Waals surface area contributed by atoms with Gasteiger partial charge >= 0.3 is 0 Å². The number of carbonyl (C=O) groups excluding carboxylic acids is 1. The molecule has 1 rings (SSSR count). The summed E-state index contributed by atoms with van der Waals surface area (Å²) in [6.45, 7) is 1.27. The minimum absolute atomic E-state index is 0.0413. The van der Waals surface area contributed by atoms with Crippen LogP contribution in [0.3, 0.4) is 0 Å². The Bertz CT molecular complexity index is 423. The van der Waals surface area contributed by atoms with Crippen molar-refractivity contribution >= 4 is 23.4 Å².